The number of hydrogen-bond donors (Lipinski definition) is 0. The molecule has 2 bridgehead atoms. The highest BCUT2D eigenvalue weighted by Crippen LogP contribution is 2.41. The molecule has 3 rings (SSSR count). The van der Waals surface area contributed by atoms with Crippen molar-refractivity contribution in [3.8, 4) is 6.07 Å². The lowest BCUT2D eigenvalue weighted by Gasteiger charge is -2.41. The minimum Gasteiger partial charge on any atom is -0.458 e. The van der Waals surface area contributed by atoms with Crippen LogP contribution in [0.25, 0.3) is 0 Å². The summed E-state index contributed by atoms with van der Waals surface area (Å²) in [6.07, 6.45) is 3.41. The molecular formula is C17H20N2O2. The van der Waals surface area contributed by atoms with Gasteiger partial charge >= 0.3 is 5.97 Å². The molecule has 21 heavy (non-hydrogen) atoms. The third kappa shape index (κ3) is 2.66. The summed E-state index contributed by atoms with van der Waals surface area (Å²) in [4.78, 5) is 14.6. The van der Waals surface area contributed by atoms with Crippen LogP contribution < -0.4 is 0 Å². The fraction of sp³-hybridized carbons (Fsp3) is 0.529. The van der Waals surface area contributed by atoms with Crippen LogP contribution in [0.2, 0.25) is 0 Å². The number of piperidine rings is 1. The topological polar surface area (TPSA) is 53.3 Å². The number of benzene rings is 1. The van der Waals surface area contributed by atoms with Crippen molar-refractivity contribution < 1.29 is 9.53 Å². The molecule has 1 aromatic rings. The van der Waals surface area contributed by atoms with Crippen molar-refractivity contribution in [1.29, 1.82) is 5.26 Å². The first-order chi connectivity index (χ1) is 10.2. The van der Waals surface area contributed by atoms with Gasteiger partial charge in [0, 0.05) is 30.8 Å². The molecule has 0 saturated carbocycles. The van der Waals surface area contributed by atoms with Gasteiger partial charge in [-0.15, -0.1) is 0 Å². The Morgan fingerprint density at radius 2 is 2.14 bits per heavy atom. The molecule has 2 heterocycles. The molecule has 2 aliphatic heterocycles. The van der Waals surface area contributed by atoms with Crippen molar-refractivity contribution >= 4 is 5.97 Å². The number of carbonyl (C=O) groups is 1. The van der Waals surface area contributed by atoms with E-state index in [0.29, 0.717) is 24.1 Å². The summed E-state index contributed by atoms with van der Waals surface area (Å²) in [6.45, 7) is 0. The molecule has 2 fully saturated rings. The Kier molecular flexibility index (Phi) is 3.94. The van der Waals surface area contributed by atoms with Crippen LogP contribution in [0.5, 0.6) is 0 Å². The minimum atomic E-state index is -0.271. The number of ether oxygens (including phenoxy) is 1. The van der Waals surface area contributed by atoms with E-state index in [1.807, 2.05) is 18.2 Å². The molecule has 0 aromatic heterocycles. The molecule has 0 radical (unpaired) electrons. The normalized spacial score (nSPS) is 31.6. The van der Waals surface area contributed by atoms with Crippen LogP contribution in [0.15, 0.2) is 30.3 Å². The zero-order valence-corrected chi connectivity index (χ0v) is 12.2. The van der Waals surface area contributed by atoms with Gasteiger partial charge in [0.2, 0.25) is 0 Å². The second kappa shape index (κ2) is 5.87. The molecule has 2 saturated heterocycles. The van der Waals surface area contributed by atoms with Crippen molar-refractivity contribution in [2.75, 3.05) is 7.05 Å². The third-order valence-corrected chi connectivity index (χ3v) is 4.97. The molecule has 0 amide bonds. The van der Waals surface area contributed by atoms with E-state index >= 15 is 0 Å². The summed E-state index contributed by atoms with van der Waals surface area (Å²) in [5.41, 5.74) is 0.583. The number of nitriles is 1. The van der Waals surface area contributed by atoms with Crippen LogP contribution in [0.3, 0.4) is 0 Å². The Morgan fingerprint density at radius 3 is 2.86 bits per heavy atom. The van der Waals surface area contributed by atoms with Crippen molar-refractivity contribution in [3.05, 3.63) is 35.9 Å². The van der Waals surface area contributed by atoms with Crippen LogP contribution in [-0.4, -0.2) is 36.1 Å². The molecule has 4 unspecified atom stereocenters. The molecule has 0 aliphatic carbocycles. The maximum atomic E-state index is 12.3. The summed E-state index contributed by atoms with van der Waals surface area (Å²) >= 11 is 0. The standard InChI is InChI=1S/C17H20N2O2/c1-19-13-7-8-15(19)14(9-10-18)16(11-13)21-17(20)12-5-3-2-4-6-12/h2-6,13-16H,7-9,11H2,1H3. The van der Waals surface area contributed by atoms with Crippen LogP contribution >= 0.6 is 0 Å². The van der Waals surface area contributed by atoms with Gasteiger partial charge in [-0.1, -0.05) is 18.2 Å². The number of fused-ring (bicyclic) bond motifs is 2. The fourth-order valence-electron chi connectivity index (χ4n) is 3.82. The Bertz CT molecular complexity index is 552. The van der Waals surface area contributed by atoms with E-state index in [1.165, 1.54) is 0 Å². The lowest BCUT2D eigenvalue weighted by molar-refractivity contribution is -0.0327. The largest absolute Gasteiger partial charge is 0.458 e. The summed E-state index contributed by atoms with van der Waals surface area (Å²) < 4.78 is 5.76. The molecule has 4 atom stereocenters. The van der Waals surface area contributed by atoms with Crippen molar-refractivity contribution in [3.63, 3.8) is 0 Å². The van der Waals surface area contributed by atoms with Gasteiger partial charge in [-0.3, -0.25) is 4.90 Å². The maximum Gasteiger partial charge on any atom is 0.338 e. The van der Waals surface area contributed by atoms with Gasteiger partial charge in [0.1, 0.15) is 6.10 Å². The highest BCUT2D eigenvalue weighted by molar-refractivity contribution is 5.89. The molecule has 0 N–H and O–H groups in total. The lowest BCUT2D eigenvalue weighted by Crippen LogP contribution is -2.50. The minimum absolute atomic E-state index is 0.131. The molecule has 2 aliphatic rings. The molecule has 1 aromatic carbocycles. The molecule has 4 nitrogen and oxygen atoms in total. The van der Waals surface area contributed by atoms with Gasteiger partial charge in [-0.25, -0.2) is 4.79 Å². The van der Waals surface area contributed by atoms with Gasteiger partial charge < -0.3 is 4.74 Å². The smallest absolute Gasteiger partial charge is 0.338 e. The van der Waals surface area contributed by atoms with Gasteiger partial charge in [-0.05, 0) is 32.0 Å². The molecule has 0 spiro atoms. The van der Waals surface area contributed by atoms with E-state index in [9.17, 15) is 4.79 Å². The Balaban J connectivity index is 1.75. The van der Waals surface area contributed by atoms with Crippen LogP contribution in [0.1, 0.15) is 36.0 Å². The zero-order chi connectivity index (χ0) is 14.8. The first-order valence-corrected chi connectivity index (χ1v) is 7.55. The van der Waals surface area contributed by atoms with Crippen LogP contribution in [-0.2, 0) is 4.74 Å². The number of rotatable bonds is 3. The van der Waals surface area contributed by atoms with Gasteiger partial charge in [0.25, 0.3) is 0 Å². The predicted octanol–water partition coefficient (Wildman–Crippen LogP) is 2.61. The first-order valence-electron chi connectivity index (χ1n) is 7.55. The molecule has 4 heteroatoms. The van der Waals surface area contributed by atoms with Crippen molar-refractivity contribution in [2.24, 2.45) is 5.92 Å². The van der Waals surface area contributed by atoms with E-state index in [2.05, 4.69) is 18.0 Å². The van der Waals surface area contributed by atoms with Crippen molar-refractivity contribution in [1.82, 2.24) is 4.90 Å². The predicted molar refractivity (Wildman–Crippen MR) is 78.6 cm³/mol. The first kappa shape index (κ1) is 14.1. The second-order valence-corrected chi connectivity index (χ2v) is 6.04. The van der Waals surface area contributed by atoms with E-state index < -0.39 is 0 Å². The maximum absolute atomic E-state index is 12.3. The number of hydrogen-bond acceptors (Lipinski definition) is 4. The number of esters is 1. The average Bonchev–Trinajstić information content (AvgIpc) is 2.75. The monoisotopic (exact) mass is 284 g/mol. The lowest BCUT2D eigenvalue weighted by atomic mass is 9.85. The highest BCUT2D eigenvalue weighted by Gasteiger charge is 2.46. The molecule has 110 valence electrons. The van der Waals surface area contributed by atoms with E-state index in [1.54, 1.807) is 12.1 Å². The number of carbonyl (C=O) groups excluding carboxylic acids is 1. The Labute approximate surface area is 125 Å². The average molecular weight is 284 g/mol. The van der Waals surface area contributed by atoms with Gasteiger partial charge in [-0.2, -0.15) is 5.26 Å². The van der Waals surface area contributed by atoms with Crippen molar-refractivity contribution in [2.45, 2.75) is 43.9 Å². The summed E-state index contributed by atoms with van der Waals surface area (Å²) in [6, 6.07) is 12.2. The third-order valence-electron chi connectivity index (χ3n) is 4.97. The van der Waals surface area contributed by atoms with E-state index in [-0.39, 0.29) is 18.0 Å². The SMILES string of the molecule is CN1C2CCC1C(CC#N)C(OC(=O)c1ccccc1)C2. The van der Waals surface area contributed by atoms with E-state index in [0.717, 1.165) is 19.3 Å². The highest BCUT2D eigenvalue weighted by atomic mass is 16.5. The van der Waals surface area contributed by atoms with E-state index in [4.69, 9.17) is 10.00 Å². The van der Waals surface area contributed by atoms with Crippen LogP contribution in [0, 0.1) is 17.2 Å². The second-order valence-electron chi connectivity index (χ2n) is 6.04. The molecular weight excluding hydrogens is 264 g/mol. The summed E-state index contributed by atoms with van der Waals surface area (Å²) in [7, 11) is 2.13. The zero-order valence-electron chi connectivity index (χ0n) is 12.2. The quantitative estimate of drug-likeness (QED) is 0.801. The van der Waals surface area contributed by atoms with Gasteiger partial charge in [0.15, 0.2) is 0 Å². The Morgan fingerprint density at radius 1 is 1.38 bits per heavy atom. The fourth-order valence-corrected chi connectivity index (χ4v) is 3.82. The van der Waals surface area contributed by atoms with Gasteiger partial charge in [0.05, 0.1) is 11.6 Å². The Hall–Kier alpha value is -1.86. The number of nitrogens with zero attached hydrogens (tertiary/aromatic N) is 2. The summed E-state index contributed by atoms with van der Waals surface area (Å²) in [5.74, 6) is -0.140. The van der Waals surface area contributed by atoms with Crippen LogP contribution in [0.4, 0.5) is 0 Å². The summed E-state index contributed by atoms with van der Waals surface area (Å²) in [5, 5.41) is 9.09.